The highest BCUT2D eigenvalue weighted by Crippen LogP contribution is 2.16. The summed E-state index contributed by atoms with van der Waals surface area (Å²) in [5.74, 6) is 0.225. The third kappa shape index (κ3) is 33.6. The molecule has 0 heterocycles. The summed E-state index contributed by atoms with van der Waals surface area (Å²) in [5, 5.41) is 9.52. The lowest BCUT2D eigenvalue weighted by molar-refractivity contribution is -0.161. The monoisotopic (exact) mass is 611 g/mol. The van der Waals surface area contributed by atoms with Crippen molar-refractivity contribution in [3.05, 3.63) is 0 Å². The Hall–Kier alpha value is -1.10. The maximum Gasteiger partial charge on any atom is 0.306 e. The minimum atomic E-state index is -0.761. The first-order valence-electron chi connectivity index (χ1n) is 19.0. The van der Waals surface area contributed by atoms with Crippen molar-refractivity contribution < 1.29 is 24.2 Å². The van der Waals surface area contributed by atoms with E-state index in [1.807, 2.05) is 0 Å². The molecule has 0 aliphatic heterocycles. The Morgan fingerprint density at radius 1 is 0.512 bits per heavy atom. The van der Waals surface area contributed by atoms with Crippen LogP contribution in [0.25, 0.3) is 0 Å². The maximum atomic E-state index is 12.1. The molecule has 256 valence electrons. The average molecular weight is 611 g/mol. The van der Waals surface area contributed by atoms with E-state index in [1.54, 1.807) is 0 Å². The van der Waals surface area contributed by atoms with E-state index in [0.29, 0.717) is 12.8 Å². The molecule has 0 aromatic heterocycles. The SMILES string of the molecule is CCCCCCCCCCCCCCCCCCCCC(=O)OC[C@H](CO)OC(=O)CCCCCCCCCCC(C)C. The number of aliphatic hydroxyl groups is 1. The van der Waals surface area contributed by atoms with Crippen LogP contribution in [0.15, 0.2) is 0 Å². The molecule has 5 heteroatoms. The van der Waals surface area contributed by atoms with Crippen LogP contribution in [0.5, 0.6) is 0 Å². The lowest BCUT2D eigenvalue weighted by Gasteiger charge is -2.15. The molecule has 0 radical (unpaired) electrons. The number of aliphatic hydroxyl groups excluding tert-OH is 1. The molecule has 1 atom stereocenters. The van der Waals surface area contributed by atoms with Gasteiger partial charge in [-0.15, -0.1) is 0 Å². The molecule has 0 bridgehead atoms. The average Bonchev–Trinajstić information content (AvgIpc) is 2.99. The van der Waals surface area contributed by atoms with E-state index in [2.05, 4.69) is 20.8 Å². The van der Waals surface area contributed by atoms with Gasteiger partial charge in [0.1, 0.15) is 6.61 Å². The second-order valence-corrected chi connectivity index (χ2v) is 13.5. The van der Waals surface area contributed by atoms with Crippen molar-refractivity contribution >= 4 is 11.9 Å². The quantitative estimate of drug-likeness (QED) is 0.0579. The Balaban J connectivity index is 3.49. The van der Waals surface area contributed by atoms with Crippen LogP contribution in [0.3, 0.4) is 0 Å². The Morgan fingerprint density at radius 2 is 0.860 bits per heavy atom. The molecule has 0 aromatic carbocycles. The fraction of sp³-hybridized carbons (Fsp3) is 0.947. The highest BCUT2D eigenvalue weighted by atomic mass is 16.6. The first kappa shape index (κ1) is 41.9. The molecule has 0 saturated carbocycles. The lowest BCUT2D eigenvalue weighted by Crippen LogP contribution is -2.28. The predicted octanol–water partition coefficient (Wildman–Crippen LogP) is 11.4. The van der Waals surface area contributed by atoms with E-state index in [-0.39, 0.29) is 25.2 Å². The van der Waals surface area contributed by atoms with E-state index >= 15 is 0 Å². The summed E-state index contributed by atoms with van der Waals surface area (Å²) >= 11 is 0. The number of hydrogen-bond donors (Lipinski definition) is 1. The van der Waals surface area contributed by atoms with Crippen LogP contribution < -0.4 is 0 Å². The molecule has 1 N–H and O–H groups in total. The van der Waals surface area contributed by atoms with Gasteiger partial charge >= 0.3 is 11.9 Å². The molecule has 43 heavy (non-hydrogen) atoms. The van der Waals surface area contributed by atoms with E-state index in [9.17, 15) is 14.7 Å². The summed E-state index contributed by atoms with van der Waals surface area (Å²) in [6, 6.07) is 0. The smallest absolute Gasteiger partial charge is 0.306 e. The molecule has 0 amide bonds. The molecule has 0 aliphatic rings. The third-order valence-electron chi connectivity index (χ3n) is 8.58. The maximum absolute atomic E-state index is 12.1. The zero-order valence-electron chi connectivity index (χ0n) is 29.2. The van der Waals surface area contributed by atoms with Crippen molar-refractivity contribution in [3.8, 4) is 0 Å². The molecule has 0 aromatic rings. The zero-order chi connectivity index (χ0) is 31.6. The van der Waals surface area contributed by atoms with Crippen LogP contribution >= 0.6 is 0 Å². The number of esters is 2. The van der Waals surface area contributed by atoms with Gasteiger partial charge in [0.05, 0.1) is 6.61 Å². The van der Waals surface area contributed by atoms with Crippen molar-refractivity contribution in [3.63, 3.8) is 0 Å². The third-order valence-corrected chi connectivity index (χ3v) is 8.58. The van der Waals surface area contributed by atoms with Gasteiger partial charge in [-0.2, -0.15) is 0 Å². The summed E-state index contributed by atoms with van der Waals surface area (Å²) in [5.41, 5.74) is 0. The fourth-order valence-electron chi connectivity index (χ4n) is 5.68. The molecule has 0 fully saturated rings. The van der Waals surface area contributed by atoms with Gasteiger partial charge in [0, 0.05) is 12.8 Å². The summed E-state index contributed by atoms with van der Waals surface area (Å²) < 4.78 is 10.6. The Kier molecular flexibility index (Phi) is 32.9. The van der Waals surface area contributed by atoms with Gasteiger partial charge in [-0.25, -0.2) is 0 Å². The second kappa shape index (κ2) is 33.8. The van der Waals surface area contributed by atoms with Gasteiger partial charge in [0.15, 0.2) is 6.10 Å². The summed E-state index contributed by atoms with van der Waals surface area (Å²) in [6.07, 6.45) is 34.6. The molecule has 0 saturated heterocycles. The van der Waals surface area contributed by atoms with E-state index in [4.69, 9.17) is 9.47 Å². The normalized spacial score (nSPS) is 12.1. The number of hydrogen-bond acceptors (Lipinski definition) is 5. The summed E-state index contributed by atoms with van der Waals surface area (Å²) in [4.78, 5) is 24.2. The van der Waals surface area contributed by atoms with Gasteiger partial charge in [-0.05, 0) is 18.8 Å². The number of carbonyl (C=O) groups excluding carboxylic acids is 2. The van der Waals surface area contributed by atoms with Crippen LogP contribution in [0.4, 0.5) is 0 Å². The zero-order valence-corrected chi connectivity index (χ0v) is 29.2. The molecule has 0 spiro atoms. The lowest BCUT2D eigenvalue weighted by atomic mass is 10.0. The van der Waals surface area contributed by atoms with Gasteiger partial charge in [0.2, 0.25) is 0 Å². The molecule has 0 unspecified atom stereocenters. The Bertz CT molecular complexity index is 591. The Morgan fingerprint density at radius 3 is 1.23 bits per heavy atom. The minimum absolute atomic E-state index is 0.0586. The van der Waals surface area contributed by atoms with Crippen molar-refractivity contribution in [1.29, 1.82) is 0 Å². The van der Waals surface area contributed by atoms with Crippen molar-refractivity contribution in [1.82, 2.24) is 0 Å². The topological polar surface area (TPSA) is 72.8 Å². The number of ether oxygens (including phenoxy) is 2. The molecule has 0 aliphatic carbocycles. The second-order valence-electron chi connectivity index (χ2n) is 13.5. The predicted molar refractivity (Wildman–Crippen MR) is 182 cm³/mol. The molecule has 5 nitrogen and oxygen atoms in total. The minimum Gasteiger partial charge on any atom is -0.462 e. The first-order valence-corrected chi connectivity index (χ1v) is 19.0. The summed E-state index contributed by atoms with van der Waals surface area (Å²) in [6.45, 7) is 6.46. The van der Waals surface area contributed by atoms with E-state index in [0.717, 1.165) is 38.0 Å². The van der Waals surface area contributed by atoms with Gasteiger partial charge in [-0.3, -0.25) is 9.59 Å². The number of rotatable bonds is 34. The number of carbonyl (C=O) groups is 2. The fourth-order valence-corrected chi connectivity index (χ4v) is 5.68. The van der Waals surface area contributed by atoms with Crippen molar-refractivity contribution in [2.24, 2.45) is 5.92 Å². The summed E-state index contributed by atoms with van der Waals surface area (Å²) in [7, 11) is 0. The highest BCUT2D eigenvalue weighted by Gasteiger charge is 2.16. The van der Waals surface area contributed by atoms with Crippen LogP contribution in [-0.4, -0.2) is 36.4 Å². The van der Waals surface area contributed by atoms with Gasteiger partial charge in [-0.1, -0.05) is 181 Å². The van der Waals surface area contributed by atoms with Crippen LogP contribution in [0.1, 0.15) is 207 Å². The number of unbranched alkanes of at least 4 members (excludes halogenated alkanes) is 24. The molecule has 0 rings (SSSR count). The van der Waals surface area contributed by atoms with E-state index < -0.39 is 6.10 Å². The van der Waals surface area contributed by atoms with Crippen LogP contribution in [0, 0.1) is 5.92 Å². The first-order chi connectivity index (χ1) is 21.0. The molecular weight excluding hydrogens is 536 g/mol. The standard InChI is InChI=1S/C38H74O5/c1-4-5-6-7-8-9-10-11-12-13-14-15-16-17-18-22-25-28-31-37(40)42-34-36(33-39)43-38(41)32-29-26-23-20-19-21-24-27-30-35(2)3/h35-36,39H,4-34H2,1-3H3/t36-/m0/s1. The highest BCUT2D eigenvalue weighted by molar-refractivity contribution is 5.70. The largest absolute Gasteiger partial charge is 0.462 e. The molecular formula is C38H74O5. The van der Waals surface area contributed by atoms with Gasteiger partial charge in [0.25, 0.3) is 0 Å². The Labute approximate surface area is 268 Å². The van der Waals surface area contributed by atoms with E-state index in [1.165, 1.54) is 141 Å². The van der Waals surface area contributed by atoms with Crippen molar-refractivity contribution in [2.45, 2.75) is 213 Å². The van der Waals surface area contributed by atoms with Crippen molar-refractivity contribution in [2.75, 3.05) is 13.2 Å². The van der Waals surface area contributed by atoms with Gasteiger partial charge < -0.3 is 14.6 Å². The van der Waals surface area contributed by atoms with Crippen LogP contribution in [0.2, 0.25) is 0 Å². The van der Waals surface area contributed by atoms with Crippen LogP contribution in [-0.2, 0) is 19.1 Å².